The highest BCUT2D eigenvalue weighted by molar-refractivity contribution is 6.30. The Bertz CT molecular complexity index is 386. The van der Waals surface area contributed by atoms with Crippen LogP contribution in [0.5, 0.6) is 0 Å². The molecule has 1 nitrogen and oxygen atoms in total. The van der Waals surface area contributed by atoms with Crippen molar-refractivity contribution >= 4 is 11.6 Å². The summed E-state index contributed by atoms with van der Waals surface area (Å²) < 4.78 is 0. The second kappa shape index (κ2) is 4.99. The molecule has 1 N–H and O–H groups in total. The van der Waals surface area contributed by atoms with Gasteiger partial charge >= 0.3 is 0 Å². The Morgan fingerprint density at radius 3 is 2.71 bits per heavy atom. The number of hydrogen-bond acceptors (Lipinski definition) is 1. The molecule has 0 amide bonds. The Labute approximate surface area is 110 Å². The molecule has 1 saturated carbocycles. The van der Waals surface area contributed by atoms with Crippen molar-refractivity contribution in [1.82, 2.24) is 5.32 Å². The third kappa shape index (κ3) is 2.66. The molecule has 2 rings (SSSR count). The zero-order chi connectivity index (χ0) is 12.5. The highest BCUT2D eigenvalue weighted by Gasteiger charge is 2.39. The summed E-state index contributed by atoms with van der Waals surface area (Å²) in [4.78, 5) is 0. The van der Waals surface area contributed by atoms with Crippen LogP contribution in [-0.4, -0.2) is 7.05 Å². The Morgan fingerprint density at radius 1 is 1.41 bits per heavy atom. The average Bonchev–Trinajstić information content (AvgIpc) is 2.60. The molecular weight excluding hydrogens is 230 g/mol. The number of rotatable bonds is 3. The minimum atomic E-state index is 0.422. The number of nitrogens with one attached hydrogen (secondary N) is 1. The van der Waals surface area contributed by atoms with Crippen LogP contribution in [0, 0.1) is 11.3 Å². The van der Waals surface area contributed by atoms with E-state index < -0.39 is 0 Å². The topological polar surface area (TPSA) is 12.0 Å². The van der Waals surface area contributed by atoms with Crippen LogP contribution in [-0.2, 0) is 0 Å². The van der Waals surface area contributed by atoms with E-state index in [1.54, 1.807) is 0 Å². The van der Waals surface area contributed by atoms with Crippen molar-refractivity contribution < 1.29 is 0 Å². The van der Waals surface area contributed by atoms with Gasteiger partial charge in [0.05, 0.1) is 0 Å². The predicted octanol–water partition coefficient (Wildman–Crippen LogP) is 4.43. The van der Waals surface area contributed by atoms with Gasteiger partial charge in [-0.1, -0.05) is 44.0 Å². The van der Waals surface area contributed by atoms with Crippen LogP contribution in [0.1, 0.15) is 44.7 Å². The van der Waals surface area contributed by atoms with Crippen LogP contribution in [0.2, 0.25) is 5.02 Å². The van der Waals surface area contributed by atoms with Gasteiger partial charge in [0.2, 0.25) is 0 Å². The maximum atomic E-state index is 6.10. The van der Waals surface area contributed by atoms with Gasteiger partial charge in [0.25, 0.3) is 0 Å². The summed E-state index contributed by atoms with van der Waals surface area (Å²) in [5.41, 5.74) is 1.75. The summed E-state index contributed by atoms with van der Waals surface area (Å²) in [6, 6.07) is 8.69. The molecule has 0 heterocycles. The smallest absolute Gasteiger partial charge is 0.0409 e. The molecule has 94 valence electrons. The quantitative estimate of drug-likeness (QED) is 0.838. The first-order valence-corrected chi connectivity index (χ1v) is 6.85. The van der Waals surface area contributed by atoms with Crippen LogP contribution < -0.4 is 5.32 Å². The van der Waals surface area contributed by atoms with Crippen molar-refractivity contribution in [3.63, 3.8) is 0 Å². The molecule has 0 aromatic heterocycles. The maximum absolute atomic E-state index is 6.10. The number of benzene rings is 1. The standard InChI is InChI=1S/C15H22ClN/c1-15(2)9-5-8-13(15)14(17-3)11-6-4-7-12(16)10-11/h4,6-7,10,13-14,17H,5,8-9H2,1-3H3. The molecule has 17 heavy (non-hydrogen) atoms. The zero-order valence-electron chi connectivity index (χ0n) is 11.0. The largest absolute Gasteiger partial charge is 0.313 e. The predicted molar refractivity (Wildman–Crippen MR) is 74.4 cm³/mol. The van der Waals surface area contributed by atoms with Crippen molar-refractivity contribution in [3.8, 4) is 0 Å². The van der Waals surface area contributed by atoms with Crippen LogP contribution in [0.4, 0.5) is 0 Å². The van der Waals surface area contributed by atoms with Crippen molar-refractivity contribution in [2.75, 3.05) is 7.05 Å². The van der Waals surface area contributed by atoms with E-state index >= 15 is 0 Å². The second-order valence-electron chi connectivity index (χ2n) is 5.81. The van der Waals surface area contributed by atoms with E-state index in [1.807, 2.05) is 12.1 Å². The van der Waals surface area contributed by atoms with E-state index in [0.29, 0.717) is 17.4 Å². The molecule has 0 bridgehead atoms. The van der Waals surface area contributed by atoms with Gasteiger partial charge in [-0.25, -0.2) is 0 Å². The minimum absolute atomic E-state index is 0.422. The molecule has 1 aliphatic rings. The van der Waals surface area contributed by atoms with Gasteiger partial charge in [-0.2, -0.15) is 0 Å². The van der Waals surface area contributed by atoms with E-state index in [0.717, 1.165) is 5.02 Å². The van der Waals surface area contributed by atoms with E-state index in [9.17, 15) is 0 Å². The maximum Gasteiger partial charge on any atom is 0.0409 e. The van der Waals surface area contributed by atoms with Gasteiger partial charge in [0.1, 0.15) is 0 Å². The van der Waals surface area contributed by atoms with E-state index in [-0.39, 0.29) is 0 Å². The van der Waals surface area contributed by atoms with Gasteiger partial charge in [-0.05, 0) is 48.9 Å². The first kappa shape index (κ1) is 12.9. The summed E-state index contributed by atoms with van der Waals surface area (Å²) in [5.74, 6) is 0.700. The van der Waals surface area contributed by atoms with E-state index in [1.165, 1.54) is 24.8 Å². The van der Waals surface area contributed by atoms with Gasteiger partial charge < -0.3 is 5.32 Å². The highest BCUT2D eigenvalue weighted by Crippen LogP contribution is 2.48. The lowest BCUT2D eigenvalue weighted by Gasteiger charge is -2.34. The summed E-state index contributed by atoms with van der Waals surface area (Å²) >= 11 is 6.10. The lowest BCUT2D eigenvalue weighted by molar-refractivity contribution is 0.203. The minimum Gasteiger partial charge on any atom is -0.313 e. The third-order valence-electron chi connectivity index (χ3n) is 4.26. The highest BCUT2D eigenvalue weighted by atomic mass is 35.5. The molecule has 2 atom stereocenters. The zero-order valence-corrected chi connectivity index (χ0v) is 11.7. The van der Waals surface area contributed by atoms with E-state index in [4.69, 9.17) is 11.6 Å². The molecule has 2 unspecified atom stereocenters. The number of halogens is 1. The van der Waals surface area contributed by atoms with Crippen molar-refractivity contribution in [1.29, 1.82) is 0 Å². The van der Waals surface area contributed by atoms with Crippen LogP contribution >= 0.6 is 11.6 Å². The Hall–Kier alpha value is -0.530. The molecule has 1 aliphatic carbocycles. The molecule has 0 radical (unpaired) electrons. The Balaban J connectivity index is 2.27. The van der Waals surface area contributed by atoms with E-state index in [2.05, 4.69) is 38.3 Å². The molecule has 2 heteroatoms. The first-order valence-electron chi connectivity index (χ1n) is 6.47. The Kier molecular flexibility index (Phi) is 3.79. The summed E-state index contributed by atoms with van der Waals surface area (Å²) in [6.07, 6.45) is 3.98. The second-order valence-corrected chi connectivity index (χ2v) is 6.25. The monoisotopic (exact) mass is 251 g/mol. The molecule has 1 aromatic rings. The molecule has 1 aromatic carbocycles. The van der Waals surface area contributed by atoms with Crippen LogP contribution in [0.15, 0.2) is 24.3 Å². The number of hydrogen-bond donors (Lipinski definition) is 1. The summed E-state index contributed by atoms with van der Waals surface area (Å²) in [7, 11) is 2.06. The fourth-order valence-electron chi connectivity index (χ4n) is 3.27. The molecule has 0 aliphatic heterocycles. The fraction of sp³-hybridized carbons (Fsp3) is 0.600. The molecular formula is C15H22ClN. The summed E-state index contributed by atoms with van der Waals surface area (Å²) in [5, 5.41) is 4.32. The fourth-order valence-corrected chi connectivity index (χ4v) is 3.47. The molecule has 1 fully saturated rings. The Morgan fingerprint density at radius 2 is 2.18 bits per heavy atom. The normalized spacial score (nSPS) is 24.8. The van der Waals surface area contributed by atoms with Crippen LogP contribution in [0.25, 0.3) is 0 Å². The SMILES string of the molecule is CNC(c1cccc(Cl)c1)C1CCCC1(C)C. The molecule has 0 spiro atoms. The van der Waals surface area contributed by atoms with Crippen molar-refractivity contribution in [3.05, 3.63) is 34.9 Å². The van der Waals surface area contributed by atoms with Crippen molar-refractivity contribution in [2.45, 2.75) is 39.2 Å². The first-order chi connectivity index (χ1) is 8.04. The summed E-state index contributed by atoms with van der Waals surface area (Å²) in [6.45, 7) is 4.78. The average molecular weight is 252 g/mol. The lowest BCUT2D eigenvalue weighted by atomic mass is 9.75. The van der Waals surface area contributed by atoms with Gasteiger partial charge in [0.15, 0.2) is 0 Å². The van der Waals surface area contributed by atoms with Crippen molar-refractivity contribution in [2.24, 2.45) is 11.3 Å². The van der Waals surface area contributed by atoms with Crippen LogP contribution in [0.3, 0.4) is 0 Å². The molecule has 0 saturated heterocycles. The van der Waals surface area contributed by atoms with Gasteiger partial charge in [-0.3, -0.25) is 0 Å². The van der Waals surface area contributed by atoms with Gasteiger partial charge in [-0.15, -0.1) is 0 Å². The lowest BCUT2D eigenvalue weighted by Crippen LogP contribution is -2.31. The third-order valence-corrected chi connectivity index (χ3v) is 4.50. The van der Waals surface area contributed by atoms with Gasteiger partial charge in [0, 0.05) is 11.1 Å².